The Kier molecular flexibility index (Phi) is 7.97. The van der Waals surface area contributed by atoms with Crippen molar-refractivity contribution in [2.24, 2.45) is 10.4 Å². The first kappa shape index (κ1) is 20.5. The third kappa shape index (κ3) is 6.76. The van der Waals surface area contributed by atoms with Gasteiger partial charge in [-0.25, -0.2) is 0 Å². The summed E-state index contributed by atoms with van der Waals surface area (Å²) in [6.07, 6.45) is 6.67. The van der Waals surface area contributed by atoms with Crippen LogP contribution in [0.3, 0.4) is 0 Å². The van der Waals surface area contributed by atoms with Gasteiger partial charge in [-0.1, -0.05) is 19.3 Å². The first-order valence-corrected chi connectivity index (χ1v) is 9.78. The van der Waals surface area contributed by atoms with Crippen LogP contribution in [0.15, 0.2) is 4.99 Å². The molecular weight excluding hydrogens is 316 g/mol. The number of rotatable bonds is 7. The van der Waals surface area contributed by atoms with Crippen LogP contribution in [-0.2, 0) is 9.47 Å². The number of hydrogen-bond acceptors (Lipinski definition) is 4. The molecule has 1 saturated carbocycles. The summed E-state index contributed by atoms with van der Waals surface area (Å²) in [6, 6.07) is 0. The molecule has 25 heavy (non-hydrogen) atoms. The molecule has 0 aromatic heterocycles. The number of ether oxygens (including phenoxy) is 2. The fourth-order valence-electron chi connectivity index (χ4n) is 3.79. The number of morpholine rings is 1. The highest BCUT2D eigenvalue weighted by atomic mass is 16.5. The molecule has 0 amide bonds. The van der Waals surface area contributed by atoms with E-state index in [2.05, 4.69) is 34.4 Å². The van der Waals surface area contributed by atoms with Crippen molar-refractivity contribution >= 4 is 5.96 Å². The quantitative estimate of drug-likeness (QED) is 0.540. The van der Waals surface area contributed by atoms with E-state index in [0.717, 1.165) is 45.4 Å². The molecule has 146 valence electrons. The molecule has 2 N–H and O–H groups in total. The SMILES string of the molecule is CN=C(NCC1(CN2CCOCC2)CCCCC1)NCC(C)(C)OC. The zero-order valence-corrected chi connectivity index (χ0v) is 16.7. The molecule has 2 fully saturated rings. The van der Waals surface area contributed by atoms with Crippen molar-refractivity contribution in [2.45, 2.75) is 51.6 Å². The topological polar surface area (TPSA) is 58.1 Å². The zero-order valence-electron chi connectivity index (χ0n) is 16.7. The van der Waals surface area contributed by atoms with Crippen LogP contribution >= 0.6 is 0 Å². The Morgan fingerprint density at radius 1 is 1.16 bits per heavy atom. The molecule has 0 aromatic carbocycles. The second kappa shape index (κ2) is 9.74. The lowest BCUT2D eigenvalue weighted by molar-refractivity contribution is 0.00810. The van der Waals surface area contributed by atoms with E-state index in [-0.39, 0.29) is 5.60 Å². The zero-order chi connectivity index (χ0) is 18.2. The lowest BCUT2D eigenvalue weighted by Gasteiger charge is -2.42. The Bertz CT molecular complexity index is 414. The van der Waals surface area contributed by atoms with Gasteiger partial charge in [-0.3, -0.25) is 9.89 Å². The van der Waals surface area contributed by atoms with E-state index in [9.17, 15) is 0 Å². The minimum atomic E-state index is -0.200. The maximum Gasteiger partial charge on any atom is 0.191 e. The summed E-state index contributed by atoms with van der Waals surface area (Å²) in [6.45, 7) is 10.9. The van der Waals surface area contributed by atoms with Crippen molar-refractivity contribution in [3.63, 3.8) is 0 Å². The van der Waals surface area contributed by atoms with Crippen LogP contribution in [-0.4, -0.2) is 76.6 Å². The molecule has 0 bridgehead atoms. The van der Waals surface area contributed by atoms with Crippen LogP contribution in [0.4, 0.5) is 0 Å². The average Bonchev–Trinajstić information content (AvgIpc) is 2.63. The van der Waals surface area contributed by atoms with Crippen molar-refractivity contribution in [1.82, 2.24) is 15.5 Å². The number of aliphatic imine (C=N–C) groups is 1. The molecule has 0 aromatic rings. The van der Waals surface area contributed by atoms with Crippen molar-refractivity contribution in [3.05, 3.63) is 0 Å². The molecule has 1 heterocycles. The maximum absolute atomic E-state index is 5.51. The van der Waals surface area contributed by atoms with Crippen LogP contribution in [0.25, 0.3) is 0 Å². The van der Waals surface area contributed by atoms with E-state index >= 15 is 0 Å². The summed E-state index contributed by atoms with van der Waals surface area (Å²) in [7, 11) is 3.59. The molecule has 0 unspecified atom stereocenters. The molecule has 6 heteroatoms. The largest absolute Gasteiger partial charge is 0.379 e. The van der Waals surface area contributed by atoms with Gasteiger partial charge in [0, 0.05) is 52.3 Å². The summed E-state index contributed by atoms with van der Waals surface area (Å²) < 4.78 is 11.0. The van der Waals surface area contributed by atoms with Crippen molar-refractivity contribution in [3.8, 4) is 0 Å². The van der Waals surface area contributed by atoms with Gasteiger partial charge in [0.15, 0.2) is 5.96 Å². The Morgan fingerprint density at radius 2 is 1.84 bits per heavy atom. The van der Waals surface area contributed by atoms with E-state index < -0.39 is 0 Å². The van der Waals surface area contributed by atoms with Gasteiger partial charge in [0.2, 0.25) is 0 Å². The number of hydrogen-bond donors (Lipinski definition) is 2. The van der Waals surface area contributed by atoms with E-state index in [1.54, 1.807) is 7.11 Å². The maximum atomic E-state index is 5.51. The van der Waals surface area contributed by atoms with Gasteiger partial charge < -0.3 is 20.1 Å². The van der Waals surface area contributed by atoms with Gasteiger partial charge in [-0.15, -0.1) is 0 Å². The lowest BCUT2D eigenvalue weighted by atomic mass is 9.73. The van der Waals surface area contributed by atoms with Crippen LogP contribution in [0.5, 0.6) is 0 Å². The van der Waals surface area contributed by atoms with Gasteiger partial charge in [0.1, 0.15) is 0 Å². The third-order valence-corrected chi connectivity index (χ3v) is 5.67. The predicted molar refractivity (Wildman–Crippen MR) is 103 cm³/mol. The number of nitrogens with one attached hydrogen (secondary N) is 2. The minimum Gasteiger partial charge on any atom is -0.379 e. The third-order valence-electron chi connectivity index (χ3n) is 5.67. The molecule has 2 rings (SSSR count). The molecule has 2 aliphatic rings. The highest BCUT2D eigenvalue weighted by Crippen LogP contribution is 2.36. The molecule has 0 spiro atoms. The van der Waals surface area contributed by atoms with Crippen molar-refractivity contribution in [2.75, 3.05) is 60.1 Å². The number of methoxy groups -OCH3 is 1. The Labute approximate surface area is 153 Å². The van der Waals surface area contributed by atoms with Gasteiger partial charge in [0.05, 0.1) is 18.8 Å². The van der Waals surface area contributed by atoms with E-state index in [1.165, 1.54) is 38.6 Å². The average molecular weight is 355 g/mol. The summed E-state index contributed by atoms with van der Waals surface area (Å²) >= 11 is 0. The van der Waals surface area contributed by atoms with Crippen LogP contribution in [0.1, 0.15) is 46.0 Å². The Morgan fingerprint density at radius 3 is 2.44 bits per heavy atom. The molecule has 1 aliphatic carbocycles. The van der Waals surface area contributed by atoms with Gasteiger partial charge in [0.25, 0.3) is 0 Å². The normalized spacial score (nSPS) is 22.6. The highest BCUT2D eigenvalue weighted by molar-refractivity contribution is 5.79. The predicted octanol–water partition coefficient (Wildman–Crippen LogP) is 1.86. The van der Waals surface area contributed by atoms with Gasteiger partial charge in [-0.05, 0) is 26.7 Å². The fraction of sp³-hybridized carbons (Fsp3) is 0.947. The molecule has 1 aliphatic heterocycles. The molecule has 6 nitrogen and oxygen atoms in total. The molecule has 1 saturated heterocycles. The highest BCUT2D eigenvalue weighted by Gasteiger charge is 2.34. The van der Waals surface area contributed by atoms with Crippen molar-refractivity contribution < 1.29 is 9.47 Å². The second-order valence-corrected chi connectivity index (χ2v) is 8.19. The van der Waals surface area contributed by atoms with Crippen molar-refractivity contribution in [1.29, 1.82) is 0 Å². The summed E-state index contributed by atoms with van der Waals surface area (Å²) in [5, 5.41) is 6.99. The van der Waals surface area contributed by atoms with Crippen LogP contribution < -0.4 is 10.6 Å². The first-order chi connectivity index (χ1) is 12.0. The van der Waals surface area contributed by atoms with E-state index in [4.69, 9.17) is 9.47 Å². The van der Waals surface area contributed by atoms with Crippen LogP contribution in [0, 0.1) is 5.41 Å². The molecular formula is C19H38N4O2. The summed E-state index contributed by atoms with van der Waals surface area (Å²) in [5.74, 6) is 0.872. The smallest absolute Gasteiger partial charge is 0.191 e. The Balaban J connectivity index is 1.89. The summed E-state index contributed by atoms with van der Waals surface area (Å²) in [4.78, 5) is 6.98. The lowest BCUT2D eigenvalue weighted by Crippen LogP contribution is -2.52. The monoisotopic (exact) mass is 354 g/mol. The minimum absolute atomic E-state index is 0.200. The standard InChI is InChI=1S/C19H38N4O2/c1-18(2,24-4)14-21-17(20-3)22-15-19(8-6-5-7-9-19)16-23-10-12-25-13-11-23/h5-16H2,1-4H3,(H2,20,21,22). The number of nitrogens with zero attached hydrogens (tertiary/aromatic N) is 2. The summed E-state index contributed by atoms with van der Waals surface area (Å²) in [5.41, 5.74) is 0.151. The molecule has 0 atom stereocenters. The Hall–Kier alpha value is -0.850. The second-order valence-electron chi connectivity index (χ2n) is 8.19. The molecule has 0 radical (unpaired) electrons. The number of guanidine groups is 1. The van der Waals surface area contributed by atoms with E-state index in [1.807, 2.05) is 7.05 Å². The van der Waals surface area contributed by atoms with Crippen LogP contribution in [0.2, 0.25) is 0 Å². The van der Waals surface area contributed by atoms with Gasteiger partial charge >= 0.3 is 0 Å². The fourth-order valence-corrected chi connectivity index (χ4v) is 3.79. The van der Waals surface area contributed by atoms with Gasteiger partial charge in [-0.2, -0.15) is 0 Å². The first-order valence-electron chi connectivity index (χ1n) is 9.78. The van der Waals surface area contributed by atoms with E-state index in [0.29, 0.717) is 5.41 Å².